The fraction of sp³-hybridized carbons (Fsp3) is 0.238. The lowest BCUT2D eigenvalue weighted by molar-refractivity contribution is 0.122. The standard InChI is InChI=1S/C21H21Cl2N7O/c1-14-6-7-16(12-18(14)23)25-19-26-20(28-21(27-19)30-8-10-31-11-9-30)29-24-13-15-4-2-3-5-17(15)22/h2-7,12-13H,8-11H2,1H3,(H2,25,26,27,28,29)/b24-13-. The maximum absolute atomic E-state index is 6.25. The fourth-order valence-electron chi connectivity index (χ4n) is 2.91. The molecule has 2 aromatic carbocycles. The summed E-state index contributed by atoms with van der Waals surface area (Å²) in [6.45, 7) is 4.58. The number of nitrogens with zero attached hydrogens (tertiary/aromatic N) is 5. The molecule has 0 saturated carbocycles. The molecule has 0 unspecified atom stereocenters. The average molecular weight is 458 g/mol. The van der Waals surface area contributed by atoms with Gasteiger partial charge in [-0.05, 0) is 30.7 Å². The molecule has 0 spiro atoms. The van der Waals surface area contributed by atoms with E-state index in [0.717, 1.165) is 16.8 Å². The van der Waals surface area contributed by atoms with Crippen molar-refractivity contribution in [3.05, 3.63) is 63.6 Å². The lowest BCUT2D eigenvalue weighted by Crippen LogP contribution is -2.37. The number of anilines is 4. The number of rotatable bonds is 6. The second-order valence-electron chi connectivity index (χ2n) is 6.86. The zero-order valence-electron chi connectivity index (χ0n) is 16.8. The second kappa shape index (κ2) is 9.91. The first-order valence-corrected chi connectivity index (χ1v) is 10.5. The van der Waals surface area contributed by atoms with E-state index in [-0.39, 0.29) is 0 Å². The van der Waals surface area contributed by atoms with Crippen LogP contribution >= 0.6 is 23.2 Å². The molecule has 1 aliphatic rings. The predicted octanol–water partition coefficient (Wildman–Crippen LogP) is 4.51. The Hall–Kier alpha value is -2.94. The Labute approximate surface area is 190 Å². The summed E-state index contributed by atoms with van der Waals surface area (Å²) in [5.74, 6) is 1.22. The van der Waals surface area contributed by atoms with E-state index in [1.807, 2.05) is 48.2 Å². The van der Waals surface area contributed by atoms with Crippen LogP contribution in [0.3, 0.4) is 0 Å². The minimum Gasteiger partial charge on any atom is -0.378 e. The first-order valence-electron chi connectivity index (χ1n) is 9.74. The SMILES string of the molecule is Cc1ccc(Nc2nc(N/N=C\c3ccccc3Cl)nc(N3CCOCC3)n2)cc1Cl. The van der Waals surface area contributed by atoms with Gasteiger partial charge in [-0.1, -0.05) is 47.5 Å². The molecule has 0 amide bonds. The minimum absolute atomic E-state index is 0.306. The highest BCUT2D eigenvalue weighted by Gasteiger charge is 2.17. The van der Waals surface area contributed by atoms with Crippen molar-refractivity contribution in [2.75, 3.05) is 41.9 Å². The molecule has 160 valence electrons. The van der Waals surface area contributed by atoms with Gasteiger partial charge in [-0.25, -0.2) is 5.43 Å². The van der Waals surface area contributed by atoms with Crippen LogP contribution in [-0.2, 0) is 4.74 Å². The smallest absolute Gasteiger partial charge is 0.250 e. The largest absolute Gasteiger partial charge is 0.378 e. The third-order valence-corrected chi connectivity index (χ3v) is 5.37. The van der Waals surface area contributed by atoms with Crippen molar-refractivity contribution in [3.8, 4) is 0 Å². The third-order valence-electron chi connectivity index (χ3n) is 4.62. The number of hydrogen-bond donors (Lipinski definition) is 2. The minimum atomic E-state index is 0.306. The number of hydrazone groups is 1. The molecule has 0 bridgehead atoms. The molecule has 1 aliphatic heterocycles. The summed E-state index contributed by atoms with van der Waals surface area (Å²) in [4.78, 5) is 15.6. The average Bonchev–Trinajstić information content (AvgIpc) is 2.78. The molecule has 2 heterocycles. The highest BCUT2D eigenvalue weighted by molar-refractivity contribution is 6.33. The fourth-order valence-corrected chi connectivity index (χ4v) is 3.28. The molecular weight excluding hydrogens is 437 g/mol. The van der Waals surface area contributed by atoms with Gasteiger partial charge in [0.15, 0.2) is 0 Å². The second-order valence-corrected chi connectivity index (χ2v) is 7.68. The van der Waals surface area contributed by atoms with E-state index in [9.17, 15) is 0 Å². The molecule has 10 heteroatoms. The zero-order valence-corrected chi connectivity index (χ0v) is 18.4. The molecule has 31 heavy (non-hydrogen) atoms. The molecule has 3 aromatic rings. The number of aryl methyl sites for hydroxylation is 1. The van der Waals surface area contributed by atoms with Gasteiger partial charge in [0.1, 0.15) is 0 Å². The van der Waals surface area contributed by atoms with Crippen molar-refractivity contribution >= 4 is 52.9 Å². The summed E-state index contributed by atoms with van der Waals surface area (Å²) in [7, 11) is 0. The summed E-state index contributed by atoms with van der Waals surface area (Å²) in [5.41, 5.74) is 5.43. The number of morpholine rings is 1. The molecular formula is C21H21Cl2N7O. The Morgan fingerprint density at radius 3 is 2.55 bits per heavy atom. The molecule has 1 saturated heterocycles. The number of aromatic nitrogens is 3. The van der Waals surface area contributed by atoms with Crippen LogP contribution in [0.25, 0.3) is 0 Å². The molecule has 4 rings (SSSR count). The summed E-state index contributed by atoms with van der Waals surface area (Å²) in [6, 6.07) is 13.1. The first kappa shape index (κ1) is 21.3. The lowest BCUT2D eigenvalue weighted by atomic mass is 10.2. The van der Waals surface area contributed by atoms with E-state index in [2.05, 4.69) is 30.8 Å². The molecule has 2 N–H and O–H groups in total. The monoisotopic (exact) mass is 457 g/mol. The summed E-state index contributed by atoms with van der Waals surface area (Å²) < 4.78 is 5.43. The van der Waals surface area contributed by atoms with Gasteiger partial charge in [0.25, 0.3) is 0 Å². The highest BCUT2D eigenvalue weighted by Crippen LogP contribution is 2.23. The van der Waals surface area contributed by atoms with Crippen LogP contribution in [0.4, 0.5) is 23.5 Å². The van der Waals surface area contributed by atoms with E-state index in [1.165, 1.54) is 0 Å². The van der Waals surface area contributed by atoms with Crippen LogP contribution in [-0.4, -0.2) is 47.5 Å². The van der Waals surface area contributed by atoms with Gasteiger partial charge in [0.05, 0.1) is 19.4 Å². The van der Waals surface area contributed by atoms with Crippen LogP contribution in [0.2, 0.25) is 10.0 Å². The molecule has 1 aromatic heterocycles. The van der Waals surface area contributed by atoms with E-state index < -0.39 is 0 Å². The van der Waals surface area contributed by atoms with Gasteiger partial charge >= 0.3 is 0 Å². The van der Waals surface area contributed by atoms with E-state index in [4.69, 9.17) is 27.9 Å². The van der Waals surface area contributed by atoms with Crippen molar-refractivity contribution in [3.63, 3.8) is 0 Å². The van der Waals surface area contributed by atoms with Crippen molar-refractivity contribution in [2.24, 2.45) is 5.10 Å². The van der Waals surface area contributed by atoms with E-state index in [1.54, 1.807) is 12.3 Å². The first-order chi connectivity index (χ1) is 15.1. The van der Waals surface area contributed by atoms with Crippen LogP contribution in [0.5, 0.6) is 0 Å². The maximum Gasteiger partial charge on any atom is 0.250 e. The Kier molecular flexibility index (Phi) is 6.81. The summed E-state index contributed by atoms with van der Waals surface area (Å²) >= 11 is 12.4. The Morgan fingerprint density at radius 1 is 1.00 bits per heavy atom. The van der Waals surface area contributed by atoms with Crippen molar-refractivity contribution in [2.45, 2.75) is 6.92 Å². The highest BCUT2D eigenvalue weighted by atomic mass is 35.5. The van der Waals surface area contributed by atoms with Crippen molar-refractivity contribution in [1.82, 2.24) is 15.0 Å². The predicted molar refractivity (Wildman–Crippen MR) is 125 cm³/mol. The van der Waals surface area contributed by atoms with Gasteiger partial charge in [-0.3, -0.25) is 0 Å². The number of nitrogens with one attached hydrogen (secondary N) is 2. The summed E-state index contributed by atoms with van der Waals surface area (Å²) in [6.07, 6.45) is 1.62. The topological polar surface area (TPSA) is 87.6 Å². The van der Waals surface area contributed by atoms with Crippen molar-refractivity contribution < 1.29 is 4.74 Å². The Bertz CT molecular complexity index is 1090. The molecule has 0 aliphatic carbocycles. The van der Waals surface area contributed by atoms with Crippen LogP contribution in [0, 0.1) is 6.92 Å². The third kappa shape index (κ3) is 5.61. The zero-order chi connectivity index (χ0) is 21.6. The Morgan fingerprint density at radius 2 is 1.77 bits per heavy atom. The molecule has 0 radical (unpaired) electrons. The number of ether oxygens (including phenoxy) is 1. The molecule has 0 atom stereocenters. The van der Waals surface area contributed by atoms with Gasteiger partial charge in [-0.15, -0.1) is 0 Å². The summed E-state index contributed by atoms with van der Waals surface area (Å²) in [5, 5.41) is 8.69. The lowest BCUT2D eigenvalue weighted by Gasteiger charge is -2.27. The Balaban J connectivity index is 1.59. The van der Waals surface area contributed by atoms with E-state index in [0.29, 0.717) is 54.2 Å². The van der Waals surface area contributed by atoms with Crippen molar-refractivity contribution in [1.29, 1.82) is 0 Å². The number of hydrogen-bond acceptors (Lipinski definition) is 8. The van der Waals surface area contributed by atoms with Gasteiger partial charge in [-0.2, -0.15) is 20.1 Å². The van der Waals surface area contributed by atoms with Crippen LogP contribution < -0.4 is 15.6 Å². The van der Waals surface area contributed by atoms with Gasteiger partial charge in [0.2, 0.25) is 17.8 Å². The normalized spacial score (nSPS) is 14.1. The van der Waals surface area contributed by atoms with E-state index >= 15 is 0 Å². The quantitative estimate of drug-likeness (QED) is 0.415. The number of benzene rings is 2. The van der Waals surface area contributed by atoms with Gasteiger partial charge in [0, 0.05) is 34.4 Å². The molecule has 8 nitrogen and oxygen atoms in total. The van der Waals surface area contributed by atoms with Crippen LogP contribution in [0.15, 0.2) is 47.6 Å². The number of halogens is 2. The molecule has 1 fully saturated rings. The van der Waals surface area contributed by atoms with Gasteiger partial charge < -0.3 is 15.0 Å². The maximum atomic E-state index is 6.25. The van der Waals surface area contributed by atoms with Crippen LogP contribution in [0.1, 0.15) is 11.1 Å².